The minimum atomic E-state index is -1.38. The van der Waals surface area contributed by atoms with E-state index < -0.39 is 91.5 Å². The third-order valence-electron chi connectivity index (χ3n) is 7.08. The molecule has 0 aromatic heterocycles. The second-order valence-corrected chi connectivity index (χ2v) is 10.6. The van der Waals surface area contributed by atoms with Gasteiger partial charge in [0.25, 0.3) is 0 Å². The molecule has 14 heteroatoms. The molecule has 3 aliphatic heterocycles. The van der Waals surface area contributed by atoms with Crippen molar-refractivity contribution in [2.24, 2.45) is 0 Å². The van der Waals surface area contributed by atoms with Crippen LogP contribution in [0.1, 0.15) is 46.5 Å². The van der Waals surface area contributed by atoms with Gasteiger partial charge in [-0.2, -0.15) is 0 Å². The number of carbonyl (C=O) groups is 4. The van der Waals surface area contributed by atoms with Gasteiger partial charge in [-0.15, -0.1) is 6.58 Å². The lowest BCUT2D eigenvalue weighted by Crippen LogP contribution is -2.69. The zero-order valence-electron chi connectivity index (χ0n) is 25.2. The Morgan fingerprint density at radius 2 is 1.50 bits per heavy atom. The Morgan fingerprint density at radius 1 is 0.864 bits per heavy atom. The Balaban J connectivity index is 1.73. The summed E-state index contributed by atoms with van der Waals surface area (Å²) in [7, 11) is 0. The predicted molar refractivity (Wildman–Crippen MR) is 148 cm³/mol. The van der Waals surface area contributed by atoms with Crippen LogP contribution in [0, 0.1) is 0 Å². The van der Waals surface area contributed by atoms with E-state index in [1.807, 2.05) is 30.3 Å². The summed E-state index contributed by atoms with van der Waals surface area (Å²) in [5, 5.41) is 2.83. The lowest BCUT2D eigenvalue weighted by molar-refractivity contribution is -0.376. The van der Waals surface area contributed by atoms with Crippen molar-refractivity contribution in [1.29, 1.82) is 0 Å². The number of nitrogens with one attached hydrogen (secondary N) is 1. The average Bonchev–Trinajstić information content (AvgIpc) is 2.96. The molecular formula is C30H39NO13. The summed E-state index contributed by atoms with van der Waals surface area (Å²) in [5.74, 6) is -2.52. The molecular weight excluding hydrogens is 582 g/mol. The van der Waals surface area contributed by atoms with Gasteiger partial charge in [0.05, 0.1) is 19.3 Å². The first-order chi connectivity index (χ1) is 21.0. The Labute approximate surface area is 255 Å². The zero-order chi connectivity index (χ0) is 32.0. The van der Waals surface area contributed by atoms with Crippen LogP contribution in [0.25, 0.3) is 0 Å². The highest BCUT2D eigenvalue weighted by Gasteiger charge is 2.56. The number of rotatable bonds is 10. The summed E-state index contributed by atoms with van der Waals surface area (Å²) >= 11 is 0. The molecule has 0 unspecified atom stereocenters. The summed E-state index contributed by atoms with van der Waals surface area (Å²) in [4.78, 5) is 48.8. The Bertz CT molecular complexity index is 1180. The van der Waals surface area contributed by atoms with Gasteiger partial charge in [0.15, 0.2) is 37.2 Å². The number of amides is 1. The SMILES string of the molecule is C=CCO[C@H]1O[C@@H]2CO[C@@H](c3ccccc3)O[C@H]2[C@H](O[C@@H]2O[C@@H](C)[C@H](OC(C)=O)[C@@H](OC(C)=O)[C@H]2OC(C)=O)[C@H]1NC(C)=O. The third-order valence-corrected chi connectivity index (χ3v) is 7.08. The van der Waals surface area contributed by atoms with Crippen molar-refractivity contribution in [2.45, 2.75) is 102 Å². The summed E-state index contributed by atoms with van der Waals surface area (Å²) in [5.41, 5.74) is 0.741. The van der Waals surface area contributed by atoms with E-state index in [2.05, 4.69) is 11.9 Å². The van der Waals surface area contributed by atoms with Crippen molar-refractivity contribution in [3.05, 3.63) is 48.6 Å². The molecule has 4 rings (SSSR count). The normalized spacial score (nSPS) is 35.0. The summed E-state index contributed by atoms with van der Waals surface area (Å²) < 4.78 is 53.6. The lowest BCUT2D eigenvalue weighted by Gasteiger charge is -2.51. The molecule has 1 amide bonds. The predicted octanol–water partition coefficient (Wildman–Crippen LogP) is 1.46. The smallest absolute Gasteiger partial charge is 0.303 e. The molecule has 3 saturated heterocycles. The standard InChI is InChI=1S/C30H39NO13/c1-7-13-36-29-22(31-16(3)32)25(24-21(42-29)14-37-28(43-24)20-11-9-8-10-12-20)44-30-27(41-19(6)35)26(40-18(5)34)23(15(2)38-30)39-17(4)33/h7-12,15,21-30H,1,13-14H2,2-6H3,(H,31,32)/t15-,21+,22+,23-,24+,25+,26+,27+,28+,29-,30-/m0/s1. The number of hydrogen-bond acceptors (Lipinski definition) is 13. The highest BCUT2D eigenvalue weighted by molar-refractivity contribution is 5.73. The van der Waals surface area contributed by atoms with E-state index in [0.717, 1.165) is 12.5 Å². The molecule has 3 heterocycles. The Kier molecular flexibility index (Phi) is 11.5. The maximum Gasteiger partial charge on any atom is 0.303 e. The van der Waals surface area contributed by atoms with E-state index in [9.17, 15) is 19.2 Å². The molecule has 11 atom stereocenters. The van der Waals surface area contributed by atoms with E-state index in [1.165, 1.54) is 26.8 Å². The van der Waals surface area contributed by atoms with Crippen molar-refractivity contribution in [2.75, 3.05) is 13.2 Å². The summed E-state index contributed by atoms with van der Waals surface area (Å²) in [6.07, 6.45) is -8.98. The van der Waals surface area contributed by atoms with Crippen molar-refractivity contribution < 1.29 is 61.8 Å². The molecule has 0 aliphatic carbocycles. The largest absolute Gasteiger partial charge is 0.456 e. The van der Waals surface area contributed by atoms with Crippen molar-refractivity contribution in [3.63, 3.8) is 0 Å². The van der Waals surface area contributed by atoms with Crippen LogP contribution in [0.3, 0.4) is 0 Å². The van der Waals surface area contributed by atoms with Crippen molar-refractivity contribution >= 4 is 23.8 Å². The molecule has 1 aromatic carbocycles. The monoisotopic (exact) mass is 621 g/mol. The van der Waals surface area contributed by atoms with Gasteiger partial charge in [-0.3, -0.25) is 19.2 Å². The maximum atomic E-state index is 12.4. The van der Waals surface area contributed by atoms with Gasteiger partial charge < -0.3 is 47.9 Å². The minimum Gasteiger partial charge on any atom is -0.456 e. The van der Waals surface area contributed by atoms with E-state index >= 15 is 0 Å². The highest BCUT2D eigenvalue weighted by atomic mass is 16.8. The Hall–Kier alpha value is -3.40. The first kappa shape index (κ1) is 33.5. The molecule has 3 aliphatic rings. The second kappa shape index (κ2) is 15.1. The van der Waals surface area contributed by atoms with Crippen LogP contribution in [0.5, 0.6) is 0 Å². The molecule has 242 valence electrons. The van der Waals surface area contributed by atoms with E-state index in [4.69, 9.17) is 42.6 Å². The van der Waals surface area contributed by atoms with Gasteiger partial charge in [-0.1, -0.05) is 36.4 Å². The zero-order valence-corrected chi connectivity index (χ0v) is 25.2. The molecule has 0 saturated carbocycles. The quantitative estimate of drug-likeness (QED) is 0.227. The Morgan fingerprint density at radius 3 is 2.11 bits per heavy atom. The third kappa shape index (κ3) is 8.20. The molecule has 1 N–H and O–H groups in total. The topological polar surface area (TPSA) is 163 Å². The minimum absolute atomic E-state index is 0.0880. The van der Waals surface area contributed by atoms with Crippen LogP contribution in [0.2, 0.25) is 0 Å². The van der Waals surface area contributed by atoms with Crippen LogP contribution in [-0.4, -0.2) is 98.4 Å². The number of hydrogen-bond donors (Lipinski definition) is 1. The summed E-state index contributed by atoms with van der Waals surface area (Å²) in [6, 6.07) is 8.26. The molecule has 0 bridgehead atoms. The van der Waals surface area contributed by atoms with E-state index in [1.54, 1.807) is 6.92 Å². The van der Waals surface area contributed by atoms with Gasteiger partial charge in [0.1, 0.15) is 24.4 Å². The van der Waals surface area contributed by atoms with E-state index in [-0.39, 0.29) is 13.2 Å². The van der Waals surface area contributed by atoms with Crippen LogP contribution < -0.4 is 5.32 Å². The van der Waals surface area contributed by atoms with Gasteiger partial charge in [-0.25, -0.2) is 0 Å². The fourth-order valence-corrected chi connectivity index (χ4v) is 5.44. The van der Waals surface area contributed by atoms with Gasteiger partial charge in [-0.05, 0) is 6.92 Å². The molecule has 0 spiro atoms. The van der Waals surface area contributed by atoms with Crippen molar-refractivity contribution in [1.82, 2.24) is 5.32 Å². The molecule has 3 fully saturated rings. The second-order valence-electron chi connectivity index (χ2n) is 10.6. The number of esters is 3. The molecule has 14 nitrogen and oxygen atoms in total. The number of fused-ring (bicyclic) bond motifs is 1. The first-order valence-corrected chi connectivity index (χ1v) is 14.3. The summed E-state index contributed by atoms with van der Waals surface area (Å²) in [6.45, 7) is 10.3. The molecule has 1 aromatic rings. The molecule has 0 radical (unpaired) electrons. The van der Waals surface area contributed by atoms with Crippen LogP contribution in [0.15, 0.2) is 43.0 Å². The first-order valence-electron chi connectivity index (χ1n) is 14.3. The van der Waals surface area contributed by atoms with E-state index in [0.29, 0.717) is 0 Å². The van der Waals surface area contributed by atoms with Crippen LogP contribution in [-0.2, 0) is 61.8 Å². The number of carbonyl (C=O) groups excluding carboxylic acids is 4. The highest BCUT2D eigenvalue weighted by Crippen LogP contribution is 2.38. The maximum absolute atomic E-state index is 12.4. The fourth-order valence-electron chi connectivity index (χ4n) is 5.44. The number of benzene rings is 1. The van der Waals surface area contributed by atoms with Gasteiger partial charge in [0, 0.05) is 33.3 Å². The number of ether oxygens (including phenoxy) is 9. The van der Waals surface area contributed by atoms with Crippen LogP contribution in [0.4, 0.5) is 0 Å². The van der Waals surface area contributed by atoms with Crippen molar-refractivity contribution in [3.8, 4) is 0 Å². The van der Waals surface area contributed by atoms with Gasteiger partial charge in [0.2, 0.25) is 5.91 Å². The molecule has 44 heavy (non-hydrogen) atoms. The van der Waals surface area contributed by atoms with Crippen LogP contribution >= 0.6 is 0 Å². The lowest BCUT2D eigenvalue weighted by atomic mass is 9.94. The van der Waals surface area contributed by atoms with Gasteiger partial charge >= 0.3 is 17.9 Å². The average molecular weight is 622 g/mol. The fraction of sp³-hybridized carbons (Fsp3) is 0.600.